The van der Waals surface area contributed by atoms with E-state index in [1.165, 1.54) is 11.3 Å². The molecule has 0 aliphatic carbocycles. The highest BCUT2D eigenvalue weighted by molar-refractivity contribution is 7.13. The molecule has 0 aliphatic heterocycles. The van der Waals surface area contributed by atoms with E-state index >= 15 is 0 Å². The molecule has 1 N–H and O–H groups in total. The molecule has 2 rings (SSSR count). The van der Waals surface area contributed by atoms with Gasteiger partial charge in [0.1, 0.15) is 4.88 Å². The summed E-state index contributed by atoms with van der Waals surface area (Å²) < 4.78 is 0. The fourth-order valence-electron chi connectivity index (χ4n) is 1.80. The molecule has 0 saturated carbocycles. The average Bonchev–Trinajstić information content (AvgIpc) is 2.74. The van der Waals surface area contributed by atoms with Gasteiger partial charge in [-0.15, -0.1) is 11.3 Å². The lowest BCUT2D eigenvalue weighted by Gasteiger charge is -1.99. The van der Waals surface area contributed by atoms with Crippen LogP contribution in [0.5, 0.6) is 0 Å². The van der Waals surface area contributed by atoms with Crippen LogP contribution in [0.25, 0.3) is 0 Å². The number of hydrogen-bond acceptors (Lipinski definition) is 3. The summed E-state index contributed by atoms with van der Waals surface area (Å²) in [6, 6.07) is 9.84. The predicted molar refractivity (Wildman–Crippen MR) is 72.3 cm³/mol. The van der Waals surface area contributed by atoms with Crippen molar-refractivity contribution in [3.05, 3.63) is 51.5 Å². The first kappa shape index (κ1) is 12.8. The minimum atomic E-state index is -0.874. The zero-order valence-corrected chi connectivity index (χ0v) is 11.0. The van der Waals surface area contributed by atoms with E-state index < -0.39 is 5.97 Å². The van der Waals surface area contributed by atoms with Crippen LogP contribution >= 0.6 is 11.3 Å². The van der Waals surface area contributed by atoms with E-state index in [2.05, 4.69) is 11.9 Å². The highest BCUT2D eigenvalue weighted by atomic mass is 32.1. The van der Waals surface area contributed by atoms with Gasteiger partial charge in [-0.05, 0) is 18.4 Å². The SMILES string of the molecule is CCCc1nc(Cc2ccccc2)c(C(=O)O)s1. The summed E-state index contributed by atoms with van der Waals surface area (Å²) in [4.78, 5) is 16.0. The normalized spacial score (nSPS) is 10.5. The Labute approximate surface area is 110 Å². The molecule has 1 aromatic carbocycles. The van der Waals surface area contributed by atoms with Crippen LogP contribution in [0.3, 0.4) is 0 Å². The lowest BCUT2D eigenvalue weighted by molar-refractivity contribution is 0.0701. The predicted octanol–water partition coefficient (Wildman–Crippen LogP) is 3.38. The minimum absolute atomic E-state index is 0.377. The van der Waals surface area contributed by atoms with Crippen LogP contribution in [0.2, 0.25) is 0 Å². The molecule has 0 fully saturated rings. The van der Waals surface area contributed by atoms with Gasteiger partial charge in [0.25, 0.3) is 0 Å². The zero-order chi connectivity index (χ0) is 13.0. The Morgan fingerprint density at radius 1 is 1.33 bits per heavy atom. The number of carboxylic acids is 1. The lowest BCUT2D eigenvalue weighted by Crippen LogP contribution is -1.99. The number of carboxylic acid groups (broad SMARTS) is 1. The van der Waals surface area contributed by atoms with E-state index in [-0.39, 0.29) is 0 Å². The Morgan fingerprint density at radius 3 is 2.67 bits per heavy atom. The number of aromatic carboxylic acids is 1. The number of aryl methyl sites for hydroxylation is 1. The Balaban J connectivity index is 2.28. The van der Waals surface area contributed by atoms with Gasteiger partial charge in [-0.25, -0.2) is 9.78 Å². The first-order valence-corrected chi connectivity index (χ1v) is 6.78. The topological polar surface area (TPSA) is 50.2 Å². The fraction of sp³-hybridized carbons (Fsp3) is 0.286. The molecule has 1 heterocycles. The molecular weight excluding hydrogens is 246 g/mol. The van der Waals surface area contributed by atoms with Crippen molar-refractivity contribution in [3.63, 3.8) is 0 Å². The Morgan fingerprint density at radius 2 is 2.06 bits per heavy atom. The summed E-state index contributed by atoms with van der Waals surface area (Å²) in [5.41, 5.74) is 1.77. The molecule has 0 saturated heterocycles. The van der Waals surface area contributed by atoms with Crippen LogP contribution in [0, 0.1) is 0 Å². The van der Waals surface area contributed by atoms with Crippen LogP contribution in [0.4, 0.5) is 0 Å². The van der Waals surface area contributed by atoms with Crippen LogP contribution in [-0.4, -0.2) is 16.1 Å². The summed E-state index contributed by atoms with van der Waals surface area (Å²) in [5.74, 6) is -0.874. The first-order chi connectivity index (χ1) is 8.70. The summed E-state index contributed by atoms with van der Waals surface area (Å²) in [6.07, 6.45) is 2.42. The molecule has 18 heavy (non-hydrogen) atoms. The molecule has 0 unspecified atom stereocenters. The molecule has 94 valence electrons. The van der Waals surface area contributed by atoms with Crippen LogP contribution in [-0.2, 0) is 12.8 Å². The maximum absolute atomic E-state index is 11.2. The molecule has 0 bridgehead atoms. The van der Waals surface area contributed by atoms with Crippen molar-refractivity contribution in [1.29, 1.82) is 0 Å². The Kier molecular flexibility index (Phi) is 4.10. The molecule has 4 heteroatoms. The molecule has 0 spiro atoms. The molecule has 2 aromatic rings. The molecule has 0 atom stereocenters. The fourth-order valence-corrected chi connectivity index (χ4v) is 2.82. The summed E-state index contributed by atoms with van der Waals surface area (Å²) in [6.45, 7) is 2.07. The zero-order valence-electron chi connectivity index (χ0n) is 10.2. The first-order valence-electron chi connectivity index (χ1n) is 5.96. The van der Waals surface area contributed by atoms with Gasteiger partial charge in [0.05, 0.1) is 10.7 Å². The Bertz CT molecular complexity index is 534. The number of hydrogen-bond donors (Lipinski definition) is 1. The van der Waals surface area contributed by atoms with E-state index in [9.17, 15) is 9.90 Å². The maximum Gasteiger partial charge on any atom is 0.347 e. The maximum atomic E-state index is 11.2. The number of rotatable bonds is 5. The van der Waals surface area contributed by atoms with E-state index in [0.29, 0.717) is 17.0 Å². The van der Waals surface area contributed by atoms with Gasteiger partial charge >= 0.3 is 5.97 Å². The molecule has 1 aromatic heterocycles. The van der Waals surface area contributed by atoms with Crippen molar-refractivity contribution in [3.8, 4) is 0 Å². The van der Waals surface area contributed by atoms with Crippen molar-refractivity contribution < 1.29 is 9.90 Å². The second kappa shape index (κ2) is 5.78. The third kappa shape index (κ3) is 2.96. The summed E-state index contributed by atoms with van der Waals surface area (Å²) in [7, 11) is 0. The van der Waals surface area contributed by atoms with E-state index in [0.717, 1.165) is 23.4 Å². The number of carbonyl (C=O) groups is 1. The van der Waals surface area contributed by atoms with Gasteiger partial charge in [0, 0.05) is 6.42 Å². The molecule has 3 nitrogen and oxygen atoms in total. The summed E-state index contributed by atoms with van der Waals surface area (Å²) in [5, 5.41) is 10.1. The largest absolute Gasteiger partial charge is 0.477 e. The minimum Gasteiger partial charge on any atom is -0.477 e. The Hall–Kier alpha value is -1.68. The van der Waals surface area contributed by atoms with Crippen molar-refractivity contribution in [2.75, 3.05) is 0 Å². The summed E-state index contributed by atoms with van der Waals surface area (Å²) >= 11 is 1.30. The molecule has 0 radical (unpaired) electrons. The lowest BCUT2D eigenvalue weighted by atomic mass is 10.1. The second-order valence-corrected chi connectivity index (χ2v) is 5.18. The van der Waals surface area contributed by atoms with Crippen LogP contribution in [0.1, 0.15) is 39.3 Å². The highest BCUT2D eigenvalue weighted by Crippen LogP contribution is 2.22. The molecule has 0 aliphatic rings. The number of thiazole rings is 1. The van der Waals surface area contributed by atoms with Crippen molar-refractivity contribution in [2.45, 2.75) is 26.2 Å². The van der Waals surface area contributed by atoms with E-state index in [4.69, 9.17) is 0 Å². The van der Waals surface area contributed by atoms with Gasteiger partial charge in [-0.1, -0.05) is 37.3 Å². The number of aromatic nitrogens is 1. The standard InChI is InChI=1S/C14H15NO2S/c1-2-6-12-15-11(13(18-12)14(16)17)9-10-7-4-3-5-8-10/h3-5,7-8H,2,6,9H2,1H3,(H,16,17). The van der Waals surface area contributed by atoms with E-state index in [1.807, 2.05) is 30.3 Å². The monoisotopic (exact) mass is 261 g/mol. The van der Waals surface area contributed by atoms with Crippen LogP contribution in [0.15, 0.2) is 30.3 Å². The van der Waals surface area contributed by atoms with Gasteiger partial charge in [0.2, 0.25) is 0 Å². The second-order valence-electron chi connectivity index (χ2n) is 4.10. The number of nitrogens with zero attached hydrogens (tertiary/aromatic N) is 1. The van der Waals surface area contributed by atoms with Gasteiger partial charge in [0.15, 0.2) is 0 Å². The smallest absolute Gasteiger partial charge is 0.347 e. The van der Waals surface area contributed by atoms with Crippen molar-refractivity contribution in [2.24, 2.45) is 0 Å². The third-order valence-corrected chi connectivity index (χ3v) is 3.76. The quantitative estimate of drug-likeness (QED) is 0.897. The van der Waals surface area contributed by atoms with Gasteiger partial charge < -0.3 is 5.11 Å². The average molecular weight is 261 g/mol. The van der Waals surface area contributed by atoms with Crippen molar-refractivity contribution >= 4 is 17.3 Å². The van der Waals surface area contributed by atoms with Crippen molar-refractivity contribution in [1.82, 2.24) is 4.98 Å². The van der Waals surface area contributed by atoms with Gasteiger partial charge in [-0.2, -0.15) is 0 Å². The molecular formula is C14H15NO2S. The molecule has 0 amide bonds. The highest BCUT2D eigenvalue weighted by Gasteiger charge is 2.16. The van der Waals surface area contributed by atoms with E-state index in [1.54, 1.807) is 0 Å². The third-order valence-electron chi connectivity index (χ3n) is 2.61. The van der Waals surface area contributed by atoms with Crippen LogP contribution < -0.4 is 0 Å². The van der Waals surface area contributed by atoms with Gasteiger partial charge in [-0.3, -0.25) is 0 Å². The number of benzene rings is 1.